The maximum absolute atomic E-state index is 13.5. The van der Waals surface area contributed by atoms with Crippen molar-refractivity contribution in [3.05, 3.63) is 35.7 Å². The summed E-state index contributed by atoms with van der Waals surface area (Å²) in [5.41, 5.74) is 0.639. The van der Waals surface area contributed by atoms with Crippen molar-refractivity contribution < 1.29 is 22.7 Å². The predicted molar refractivity (Wildman–Crippen MR) is 81.6 cm³/mol. The number of ether oxygens (including phenoxy) is 1. The van der Waals surface area contributed by atoms with Crippen LogP contribution < -0.4 is 0 Å². The Morgan fingerprint density at radius 2 is 2.25 bits per heavy atom. The van der Waals surface area contributed by atoms with Gasteiger partial charge in [0.05, 0.1) is 24.0 Å². The number of pyridine rings is 1. The van der Waals surface area contributed by atoms with E-state index in [9.17, 15) is 13.6 Å². The van der Waals surface area contributed by atoms with E-state index >= 15 is 0 Å². The third kappa shape index (κ3) is 2.86. The summed E-state index contributed by atoms with van der Waals surface area (Å²) >= 11 is 0. The quantitative estimate of drug-likeness (QED) is 0.668. The Balaban J connectivity index is 2.19. The van der Waals surface area contributed by atoms with Crippen molar-refractivity contribution in [3.63, 3.8) is 0 Å². The first-order chi connectivity index (χ1) is 11.5. The Morgan fingerprint density at radius 1 is 1.46 bits per heavy atom. The Bertz CT molecular complexity index is 872. The molecule has 0 spiro atoms. The van der Waals surface area contributed by atoms with Crippen LogP contribution in [0.5, 0.6) is 0 Å². The second kappa shape index (κ2) is 6.38. The van der Waals surface area contributed by atoms with Gasteiger partial charge in [0, 0.05) is 5.56 Å². The van der Waals surface area contributed by atoms with Crippen LogP contribution in [0.15, 0.2) is 28.9 Å². The van der Waals surface area contributed by atoms with E-state index in [0.717, 1.165) is 0 Å². The van der Waals surface area contributed by atoms with Crippen molar-refractivity contribution >= 4 is 17.0 Å². The minimum atomic E-state index is -2.71. The average molecular weight is 335 g/mol. The number of aromatic nitrogens is 3. The third-order valence-electron chi connectivity index (χ3n) is 3.50. The molecule has 0 saturated heterocycles. The zero-order valence-electron chi connectivity index (χ0n) is 13.1. The highest BCUT2D eigenvalue weighted by molar-refractivity contribution is 5.86. The second-order valence-corrected chi connectivity index (χ2v) is 5.12. The monoisotopic (exact) mass is 335 g/mol. The molecule has 6 nitrogen and oxygen atoms in total. The van der Waals surface area contributed by atoms with Crippen LogP contribution in [0.4, 0.5) is 8.78 Å². The summed E-state index contributed by atoms with van der Waals surface area (Å²) in [6, 6.07) is 4.56. The number of carbonyl (C=O) groups is 1. The highest BCUT2D eigenvalue weighted by Gasteiger charge is 2.22. The van der Waals surface area contributed by atoms with E-state index in [-0.39, 0.29) is 35.4 Å². The van der Waals surface area contributed by atoms with Crippen molar-refractivity contribution in [2.24, 2.45) is 0 Å². The lowest BCUT2D eigenvalue weighted by Crippen LogP contribution is -2.15. The molecule has 0 aliphatic rings. The summed E-state index contributed by atoms with van der Waals surface area (Å²) in [7, 11) is 0. The van der Waals surface area contributed by atoms with Gasteiger partial charge in [-0.3, -0.25) is 4.79 Å². The molecule has 0 amide bonds. The van der Waals surface area contributed by atoms with Crippen molar-refractivity contribution in [3.8, 4) is 11.5 Å². The van der Waals surface area contributed by atoms with Crippen LogP contribution >= 0.6 is 0 Å². The molecule has 0 radical (unpaired) electrons. The van der Waals surface area contributed by atoms with E-state index < -0.39 is 12.4 Å². The molecule has 3 rings (SSSR count). The van der Waals surface area contributed by atoms with Gasteiger partial charge in [0.25, 0.3) is 6.43 Å². The summed E-state index contributed by atoms with van der Waals surface area (Å²) < 4.78 is 38.4. The maximum Gasteiger partial charge on any atom is 0.327 e. The number of hydrogen-bond acceptors (Lipinski definition) is 5. The predicted octanol–water partition coefficient (Wildman–Crippen LogP) is 3.50. The first-order valence-electron chi connectivity index (χ1n) is 7.37. The lowest BCUT2D eigenvalue weighted by molar-refractivity contribution is -0.143. The van der Waals surface area contributed by atoms with Crippen LogP contribution in [-0.4, -0.2) is 27.3 Å². The van der Waals surface area contributed by atoms with Crippen molar-refractivity contribution in [1.82, 2.24) is 14.8 Å². The van der Waals surface area contributed by atoms with E-state index in [4.69, 9.17) is 9.15 Å². The Hall–Kier alpha value is -2.77. The van der Waals surface area contributed by atoms with Crippen LogP contribution in [-0.2, 0) is 16.1 Å². The van der Waals surface area contributed by atoms with Gasteiger partial charge in [-0.25, -0.2) is 18.4 Å². The molecule has 3 heterocycles. The summed E-state index contributed by atoms with van der Waals surface area (Å²) in [4.78, 5) is 16.1. The lowest BCUT2D eigenvalue weighted by Gasteiger charge is -2.07. The maximum atomic E-state index is 13.5. The Morgan fingerprint density at radius 3 is 2.88 bits per heavy atom. The summed E-state index contributed by atoms with van der Waals surface area (Å²) in [6.45, 7) is 3.32. The molecule has 0 N–H and O–H groups in total. The Labute approximate surface area is 136 Å². The van der Waals surface area contributed by atoms with Gasteiger partial charge >= 0.3 is 5.97 Å². The number of rotatable bonds is 5. The normalized spacial score (nSPS) is 11.4. The number of carbonyl (C=O) groups excluding carboxylic acids is 1. The van der Waals surface area contributed by atoms with Crippen LogP contribution in [0, 0.1) is 6.92 Å². The number of hydrogen-bond donors (Lipinski definition) is 0. The van der Waals surface area contributed by atoms with E-state index in [1.165, 1.54) is 17.0 Å². The first kappa shape index (κ1) is 16.1. The molecule has 24 heavy (non-hydrogen) atoms. The smallest absolute Gasteiger partial charge is 0.327 e. The fraction of sp³-hybridized carbons (Fsp3) is 0.312. The summed E-state index contributed by atoms with van der Waals surface area (Å²) in [5, 5.41) is 4.41. The number of halogens is 2. The minimum Gasteiger partial charge on any atom is -0.465 e. The molecule has 0 aromatic carbocycles. The molecule has 0 fully saturated rings. The van der Waals surface area contributed by atoms with Gasteiger partial charge < -0.3 is 9.15 Å². The van der Waals surface area contributed by atoms with Crippen molar-refractivity contribution in [2.45, 2.75) is 26.8 Å². The van der Waals surface area contributed by atoms with Gasteiger partial charge in [-0.05, 0) is 32.0 Å². The van der Waals surface area contributed by atoms with Crippen molar-refractivity contribution in [1.29, 1.82) is 0 Å². The Kier molecular flexibility index (Phi) is 4.28. The second-order valence-electron chi connectivity index (χ2n) is 5.12. The number of alkyl halides is 2. The summed E-state index contributed by atoms with van der Waals surface area (Å²) in [6.07, 6.45) is -1.27. The molecule has 3 aromatic rings. The zero-order chi connectivity index (χ0) is 17.3. The number of aryl methyl sites for hydroxylation is 1. The number of nitrogens with zero attached hydrogens (tertiary/aromatic N) is 3. The van der Waals surface area contributed by atoms with Gasteiger partial charge in [0.15, 0.2) is 11.4 Å². The molecular formula is C16H15F2N3O3. The fourth-order valence-electron chi connectivity index (χ4n) is 2.55. The van der Waals surface area contributed by atoms with Crippen LogP contribution in [0.1, 0.15) is 24.6 Å². The molecule has 3 aromatic heterocycles. The van der Waals surface area contributed by atoms with Crippen LogP contribution in [0.3, 0.4) is 0 Å². The molecular weight excluding hydrogens is 320 g/mol. The number of esters is 1. The highest BCUT2D eigenvalue weighted by atomic mass is 19.3. The van der Waals surface area contributed by atoms with E-state index in [0.29, 0.717) is 11.5 Å². The molecule has 8 heteroatoms. The molecule has 126 valence electrons. The molecule has 0 bridgehead atoms. The van der Waals surface area contributed by atoms with Crippen LogP contribution in [0.25, 0.3) is 22.5 Å². The molecule has 0 aliphatic carbocycles. The molecule has 0 unspecified atom stereocenters. The SMILES string of the molecule is CCOC(=O)Cn1nc(C)c2c(C(F)F)cc(-c3ccco3)nc21. The van der Waals surface area contributed by atoms with E-state index in [2.05, 4.69) is 10.1 Å². The van der Waals surface area contributed by atoms with Gasteiger partial charge in [-0.15, -0.1) is 0 Å². The van der Waals surface area contributed by atoms with E-state index in [1.54, 1.807) is 26.0 Å². The van der Waals surface area contributed by atoms with Crippen molar-refractivity contribution in [2.75, 3.05) is 6.61 Å². The third-order valence-corrected chi connectivity index (χ3v) is 3.50. The largest absolute Gasteiger partial charge is 0.465 e. The average Bonchev–Trinajstić information content (AvgIpc) is 3.16. The number of fused-ring (bicyclic) bond motifs is 1. The summed E-state index contributed by atoms with van der Waals surface area (Å²) in [5.74, 6) is -0.147. The standard InChI is InChI=1S/C16H15F2N3O3/c1-3-23-13(22)8-21-16-14(9(2)20-21)10(15(17)18)7-11(19-16)12-5-4-6-24-12/h4-7,15H,3,8H2,1-2H3. The first-order valence-corrected chi connectivity index (χ1v) is 7.37. The fourth-order valence-corrected chi connectivity index (χ4v) is 2.55. The van der Waals surface area contributed by atoms with Crippen LogP contribution in [0.2, 0.25) is 0 Å². The van der Waals surface area contributed by atoms with Gasteiger partial charge in [-0.2, -0.15) is 5.10 Å². The van der Waals surface area contributed by atoms with Gasteiger partial charge in [0.1, 0.15) is 12.2 Å². The molecule has 0 atom stereocenters. The molecule has 0 aliphatic heterocycles. The zero-order valence-corrected chi connectivity index (χ0v) is 13.1. The minimum absolute atomic E-state index is 0.195. The topological polar surface area (TPSA) is 70.2 Å². The molecule has 0 saturated carbocycles. The number of furan rings is 1. The van der Waals surface area contributed by atoms with Gasteiger partial charge in [0.2, 0.25) is 0 Å². The van der Waals surface area contributed by atoms with Gasteiger partial charge in [-0.1, -0.05) is 0 Å². The van der Waals surface area contributed by atoms with E-state index in [1.807, 2.05) is 0 Å². The lowest BCUT2D eigenvalue weighted by atomic mass is 10.1. The highest BCUT2D eigenvalue weighted by Crippen LogP contribution is 2.33.